The minimum atomic E-state index is -0.583. The van der Waals surface area contributed by atoms with Gasteiger partial charge in [-0.2, -0.15) is 0 Å². The number of nitrogens with zero attached hydrogens (tertiary/aromatic N) is 4. The second-order valence-electron chi connectivity index (χ2n) is 6.34. The Morgan fingerprint density at radius 3 is 2.85 bits per heavy atom. The molecule has 4 N–H and O–H groups in total. The van der Waals surface area contributed by atoms with Crippen LogP contribution in [0.15, 0.2) is 23.5 Å². The zero-order valence-electron chi connectivity index (χ0n) is 13.3. The number of carbonyl (C=O) groups is 1. The summed E-state index contributed by atoms with van der Waals surface area (Å²) >= 11 is 6.28. The van der Waals surface area contributed by atoms with E-state index in [0.717, 1.165) is 19.3 Å². The summed E-state index contributed by atoms with van der Waals surface area (Å²) in [5.41, 5.74) is 3.40. The summed E-state index contributed by atoms with van der Waals surface area (Å²) in [4.78, 5) is 40.6. The third kappa shape index (κ3) is 2.08. The first-order valence-electron chi connectivity index (χ1n) is 8.04. The maximum Gasteiger partial charge on any atom is 0.293 e. The van der Waals surface area contributed by atoms with Gasteiger partial charge >= 0.3 is 0 Å². The van der Waals surface area contributed by atoms with Gasteiger partial charge < -0.3 is 15.6 Å². The Hall–Kier alpha value is -3.14. The number of pyridine rings is 1. The minimum absolute atomic E-state index is 0.0901. The number of carbonyl (C=O) groups excluding carboxylic acids is 1. The van der Waals surface area contributed by atoms with E-state index in [-0.39, 0.29) is 22.3 Å². The van der Waals surface area contributed by atoms with Crippen LogP contribution in [0.25, 0.3) is 11.2 Å². The van der Waals surface area contributed by atoms with Crippen molar-refractivity contribution >= 4 is 40.2 Å². The lowest BCUT2D eigenvalue weighted by Gasteiger charge is -2.47. The number of nitrogens with one attached hydrogen (secondary N) is 4. The van der Waals surface area contributed by atoms with Crippen molar-refractivity contribution in [2.75, 3.05) is 10.7 Å². The first-order chi connectivity index (χ1) is 12.6. The van der Waals surface area contributed by atoms with Crippen LogP contribution in [-0.2, 0) is 0 Å². The molecule has 4 heterocycles. The molecule has 1 saturated carbocycles. The summed E-state index contributed by atoms with van der Waals surface area (Å²) < 4.78 is 1.21. The Morgan fingerprint density at radius 1 is 1.23 bits per heavy atom. The third-order valence-electron chi connectivity index (χ3n) is 4.73. The van der Waals surface area contributed by atoms with Crippen LogP contribution in [0.3, 0.4) is 0 Å². The number of fused-ring (bicyclic) bond motifs is 2. The summed E-state index contributed by atoms with van der Waals surface area (Å²) in [5.74, 6) is -0.00240. The van der Waals surface area contributed by atoms with Gasteiger partial charge in [-0.15, -0.1) is 0 Å². The summed E-state index contributed by atoms with van der Waals surface area (Å²) in [7, 11) is 0. The predicted octanol–water partition coefficient (Wildman–Crippen LogP) is 1.08. The van der Waals surface area contributed by atoms with E-state index < -0.39 is 11.2 Å². The number of aromatic nitrogens is 5. The molecule has 10 nitrogen and oxygen atoms in total. The average Bonchev–Trinajstić information content (AvgIpc) is 3.07. The first-order valence-corrected chi connectivity index (χ1v) is 8.41. The van der Waals surface area contributed by atoms with E-state index >= 15 is 0 Å². The smallest absolute Gasteiger partial charge is 0.293 e. The molecule has 1 aliphatic heterocycles. The van der Waals surface area contributed by atoms with Crippen molar-refractivity contribution in [3.63, 3.8) is 0 Å². The highest BCUT2D eigenvalue weighted by atomic mass is 35.5. The van der Waals surface area contributed by atoms with E-state index in [1.807, 2.05) is 0 Å². The Labute approximate surface area is 151 Å². The molecule has 11 heteroatoms. The standard InChI is InChI=1S/C15H13ClN8O2/c16-7-4-8(21-12-9-11(18-5-17-9)19-6-20-12)14(26)24-10(7)13(25)22-15(23-24)2-1-3-15/h4-6,23H,1-3H2,(H,22,25)(H2,17,18,19,20,21). The Kier molecular flexibility index (Phi) is 3.02. The van der Waals surface area contributed by atoms with Crippen molar-refractivity contribution in [2.45, 2.75) is 24.9 Å². The molecule has 0 atom stereocenters. The molecule has 0 unspecified atom stereocenters. The van der Waals surface area contributed by atoms with E-state index in [1.165, 1.54) is 23.4 Å². The lowest BCUT2D eigenvalue weighted by Crippen LogP contribution is -2.67. The van der Waals surface area contributed by atoms with Gasteiger partial charge in [0.2, 0.25) is 0 Å². The van der Waals surface area contributed by atoms with Gasteiger partial charge in [-0.1, -0.05) is 11.6 Å². The second-order valence-corrected chi connectivity index (χ2v) is 6.75. The van der Waals surface area contributed by atoms with Crippen molar-refractivity contribution in [1.82, 2.24) is 29.9 Å². The SMILES string of the molecule is O=C1NC2(CCC2)Nn2c1c(Cl)cc(Nc1ncnc3[nH]cnc13)c2=O. The first kappa shape index (κ1) is 15.1. The van der Waals surface area contributed by atoms with Crippen LogP contribution in [0.2, 0.25) is 5.02 Å². The van der Waals surface area contributed by atoms with Gasteiger partial charge in [0.05, 0.1) is 11.3 Å². The second kappa shape index (κ2) is 5.18. The summed E-state index contributed by atoms with van der Waals surface area (Å²) in [6.07, 6.45) is 5.32. The van der Waals surface area contributed by atoms with Gasteiger partial charge in [-0.25, -0.2) is 19.6 Å². The van der Waals surface area contributed by atoms with Crippen molar-refractivity contribution in [3.8, 4) is 0 Å². The van der Waals surface area contributed by atoms with Crippen LogP contribution in [0.1, 0.15) is 29.8 Å². The largest absolute Gasteiger partial charge is 0.334 e. The Bertz CT molecular complexity index is 1120. The van der Waals surface area contributed by atoms with E-state index in [1.54, 1.807) is 0 Å². The molecular weight excluding hydrogens is 360 g/mol. The predicted molar refractivity (Wildman–Crippen MR) is 94.1 cm³/mol. The normalized spacial score (nSPS) is 17.3. The molecule has 2 aliphatic rings. The lowest BCUT2D eigenvalue weighted by molar-refractivity contribution is 0.0790. The van der Waals surface area contributed by atoms with Crippen LogP contribution < -0.4 is 21.6 Å². The van der Waals surface area contributed by atoms with Gasteiger partial charge in [0.25, 0.3) is 11.5 Å². The molecular formula is C15H13ClN8O2. The maximum atomic E-state index is 12.9. The van der Waals surface area contributed by atoms with Crippen molar-refractivity contribution in [2.24, 2.45) is 0 Å². The van der Waals surface area contributed by atoms with Crippen LogP contribution in [-0.4, -0.2) is 36.2 Å². The zero-order valence-corrected chi connectivity index (χ0v) is 14.1. The van der Waals surface area contributed by atoms with Crippen LogP contribution >= 0.6 is 11.6 Å². The van der Waals surface area contributed by atoms with Crippen molar-refractivity contribution in [3.05, 3.63) is 39.8 Å². The van der Waals surface area contributed by atoms with Crippen LogP contribution in [0.5, 0.6) is 0 Å². The van der Waals surface area contributed by atoms with Gasteiger partial charge in [0.1, 0.15) is 23.4 Å². The van der Waals surface area contributed by atoms with E-state index in [4.69, 9.17) is 11.6 Å². The van der Waals surface area contributed by atoms with E-state index in [0.29, 0.717) is 17.0 Å². The fraction of sp³-hybridized carbons (Fsp3) is 0.267. The quantitative estimate of drug-likeness (QED) is 0.529. The molecule has 5 rings (SSSR count). The molecule has 132 valence electrons. The zero-order chi connectivity index (χ0) is 17.9. The molecule has 0 radical (unpaired) electrons. The van der Waals surface area contributed by atoms with Gasteiger partial charge in [0.15, 0.2) is 17.0 Å². The number of H-pyrrole nitrogens is 1. The monoisotopic (exact) mass is 372 g/mol. The molecule has 1 amide bonds. The summed E-state index contributed by atoms with van der Waals surface area (Å²) in [6.45, 7) is 0. The molecule has 26 heavy (non-hydrogen) atoms. The fourth-order valence-electron chi connectivity index (χ4n) is 3.26. The number of anilines is 2. The van der Waals surface area contributed by atoms with Gasteiger partial charge in [0, 0.05) is 0 Å². The fourth-order valence-corrected chi connectivity index (χ4v) is 3.54. The number of aromatic amines is 1. The highest BCUT2D eigenvalue weighted by molar-refractivity contribution is 6.34. The van der Waals surface area contributed by atoms with Gasteiger partial charge in [-0.3, -0.25) is 15.0 Å². The Morgan fingerprint density at radius 2 is 2.08 bits per heavy atom. The molecule has 1 spiro atoms. The molecule has 1 fully saturated rings. The maximum absolute atomic E-state index is 12.9. The number of halogens is 1. The molecule has 0 aromatic carbocycles. The summed E-state index contributed by atoms with van der Waals surface area (Å²) in [5, 5.41) is 5.99. The van der Waals surface area contributed by atoms with Crippen molar-refractivity contribution in [1.29, 1.82) is 0 Å². The molecule has 3 aromatic heterocycles. The van der Waals surface area contributed by atoms with Crippen LogP contribution in [0, 0.1) is 0 Å². The summed E-state index contributed by atoms with van der Waals surface area (Å²) in [6, 6.07) is 1.41. The van der Waals surface area contributed by atoms with Gasteiger partial charge in [-0.05, 0) is 25.3 Å². The number of rotatable bonds is 2. The average molecular weight is 373 g/mol. The number of imidazole rings is 1. The van der Waals surface area contributed by atoms with Crippen LogP contribution in [0.4, 0.5) is 11.5 Å². The molecule has 3 aromatic rings. The third-order valence-corrected chi connectivity index (χ3v) is 5.01. The highest BCUT2D eigenvalue weighted by Crippen LogP contribution is 2.34. The molecule has 1 aliphatic carbocycles. The Balaban J connectivity index is 1.62. The molecule has 0 saturated heterocycles. The number of hydrogen-bond acceptors (Lipinski definition) is 7. The minimum Gasteiger partial charge on any atom is -0.334 e. The van der Waals surface area contributed by atoms with E-state index in [9.17, 15) is 9.59 Å². The number of amides is 1. The lowest BCUT2D eigenvalue weighted by atomic mass is 9.84. The van der Waals surface area contributed by atoms with Crippen molar-refractivity contribution < 1.29 is 4.79 Å². The topological polar surface area (TPSA) is 130 Å². The number of hydrogen-bond donors (Lipinski definition) is 4. The van der Waals surface area contributed by atoms with E-state index in [2.05, 4.69) is 36.0 Å². The highest BCUT2D eigenvalue weighted by Gasteiger charge is 2.44. The molecule has 0 bridgehead atoms.